The van der Waals surface area contributed by atoms with E-state index in [1.165, 1.54) is 85.8 Å². The predicted octanol–water partition coefficient (Wildman–Crippen LogP) is 6.45. The van der Waals surface area contributed by atoms with E-state index >= 15 is 0 Å². The summed E-state index contributed by atoms with van der Waals surface area (Å²) in [5.74, 6) is 0. The number of aromatic nitrogens is 1. The van der Waals surface area contributed by atoms with Crippen LogP contribution in [0.1, 0.15) is 67.8 Å². The Morgan fingerprint density at radius 3 is 2.39 bits per heavy atom. The molecule has 2 heteroatoms. The van der Waals surface area contributed by atoms with Crippen LogP contribution >= 0.6 is 0 Å². The third kappa shape index (κ3) is 2.73. The van der Waals surface area contributed by atoms with Crippen LogP contribution in [0.25, 0.3) is 16.6 Å². The molecule has 5 aliphatic rings. The molecule has 2 bridgehead atoms. The van der Waals surface area contributed by atoms with Crippen molar-refractivity contribution in [3.8, 4) is 5.69 Å². The summed E-state index contributed by atoms with van der Waals surface area (Å²) in [6.45, 7) is 6.23. The number of hydrogen-bond donors (Lipinski definition) is 0. The minimum Gasteiger partial charge on any atom is -0.313 e. The molecular formula is C29H34N2. The Balaban J connectivity index is 1.29. The van der Waals surface area contributed by atoms with Crippen molar-refractivity contribution < 1.29 is 0 Å². The molecule has 0 N–H and O–H groups in total. The van der Waals surface area contributed by atoms with Crippen LogP contribution in [-0.4, -0.2) is 22.6 Å². The number of rotatable bonds is 2. The average Bonchev–Trinajstić information content (AvgIpc) is 3.02. The Morgan fingerprint density at radius 1 is 0.806 bits per heavy atom. The summed E-state index contributed by atoms with van der Waals surface area (Å²) >= 11 is 0. The fraction of sp³-hybridized carbons (Fsp3) is 0.517. The maximum absolute atomic E-state index is 2.82. The molecule has 0 spiro atoms. The van der Waals surface area contributed by atoms with Crippen LogP contribution in [0.2, 0.25) is 0 Å². The van der Waals surface area contributed by atoms with Crippen molar-refractivity contribution in [1.82, 2.24) is 9.47 Å². The first-order valence-electron chi connectivity index (χ1n) is 12.6. The van der Waals surface area contributed by atoms with E-state index in [1.54, 1.807) is 11.3 Å². The minimum atomic E-state index is 0.608. The highest BCUT2D eigenvalue weighted by Gasteiger charge is 2.47. The van der Waals surface area contributed by atoms with Gasteiger partial charge in [0.2, 0.25) is 0 Å². The SMILES string of the molecule is CC12CCC(CN3CCc4c(c5cccc6c5n4-c4ccccc4CC6)C3)(CC1)CC2. The Labute approximate surface area is 186 Å². The van der Waals surface area contributed by atoms with Gasteiger partial charge in [-0.2, -0.15) is 0 Å². The maximum atomic E-state index is 2.82. The molecule has 8 rings (SSSR count). The van der Waals surface area contributed by atoms with Crippen LogP contribution < -0.4 is 0 Å². The van der Waals surface area contributed by atoms with Gasteiger partial charge in [-0.25, -0.2) is 0 Å². The molecular weight excluding hydrogens is 376 g/mol. The van der Waals surface area contributed by atoms with E-state index in [0.717, 1.165) is 19.4 Å². The van der Waals surface area contributed by atoms with Gasteiger partial charge in [0.25, 0.3) is 0 Å². The molecule has 3 aromatic rings. The Hall–Kier alpha value is -2.06. The predicted molar refractivity (Wildman–Crippen MR) is 128 cm³/mol. The highest BCUT2D eigenvalue weighted by atomic mass is 15.2. The van der Waals surface area contributed by atoms with Gasteiger partial charge in [-0.05, 0) is 85.0 Å². The monoisotopic (exact) mass is 410 g/mol. The highest BCUT2D eigenvalue weighted by Crippen LogP contribution is 2.57. The van der Waals surface area contributed by atoms with Gasteiger partial charge < -0.3 is 4.57 Å². The molecule has 31 heavy (non-hydrogen) atoms. The standard InChI is InChI=1S/C29H34N2/c1-28-12-15-29(16-13-28,17-14-28)20-30-18-11-26-24(19-30)23-7-4-6-22-10-9-21-5-2-3-8-25(21)31(26)27(22)23/h2-8H,9-20H2,1H3. The molecule has 0 saturated heterocycles. The molecule has 0 atom stereocenters. The highest BCUT2D eigenvalue weighted by molar-refractivity contribution is 5.91. The second-order valence-corrected chi connectivity index (χ2v) is 11.5. The first-order chi connectivity index (χ1) is 15.1. The minimum absolute atomic E-state index is 0.608. The number of aryl methyl sites for hydroxylation is 2. The molecule has 3 aliphatic carbocycles. The van der Waals surface area contributed by atoms with Gasteiger partial charge in [0.15, 0.2) is 0 Å². The normalized spacial score (nSPS) is 29.6. The van der Waals surface area contributed by atoms with E-state index in [0.29, 0.717) is 10.8 Å². The van der Waals surface area contributed by atoms with Gasteiger partial charge in [-0.15, -0.1) is 0 Å². The van der Waals surface area contributed by atoms with Crippen molar-refractivity contribution in [2.45, 2.75) is 71.3 Å². The molecule has 160 valence electrons. The van der Waals surface area contributed by atoms with Crippen molar-refractivity contribution in [1.29, 1.82) is 0 Å². The quantitative estimate of drug-likeness (QED) is 0.471. The topological polar surface area (TPSA) is 8.17 Å². The summed E-state index contributed by atoms with van der Waals surface area (Å²) in [4.78, 5) is 2.82. The number of fused-ring (bicyclic) bond motifs is 8. The van der Waals surface area contributed by atoms with Gasteiger partial charge in [-0.3, -0.25) is 4.90 Å². The summed E-state index contributed by atoms with van der Waals surface area (Å²) in [7, 11) is 0. The molecule has 1 aromatic heterocycles. The second-order valence-electron chi connectivity index (χ2n) is 11.5. The zero-order valence-corrected chi connectivity index (χ0v) is 18.9. The van der Waals surface area contributed by atoms with E-state index in [2.05, 4.69) is 58.9 Å². The third-order valence-electron chi connectivity index (χ3n) is 9.56. The van der Waals surface area contributed by atoms with E-state index < -0.39 is 0 Å². The molecule has 3 heterocycles. The molecule has 2 aromatic carbocycles. The zero-order chi connectivity index (χ0) is 20.6. The fourth-order valence-corrected chi connectivity index (χ4v) is 7.50. The third-order valence-corrected chi connectivity index (χ3v) is 9.56. The summed E-state index contributed by atoms with van der Waals surface area (Å²) < 4.78 is 2.66. The molecule has 3 saturated carbocycles. The van der Waals surface area contributed by atoms with Crippen molar-refractivity contribution in [2.75, 3.05) is 13.1 Å². The van der Waals surface area contributed by atoms with Crippen LogP contribution in [-0.2, 0) is 25.8 Å². The summed E-state index contributed by atoms with van der Waals surface area (Å²) in [6.07, 6.45) is 12.3. The Morgan fingerprint density at radius 2 is 1.55 bits per heavy atom. The van der Waals surface area contributed by atoms with Gasteiger partial charge >= 0.3 is 0 Å². The van der Waals surface area contributed by atoms with E-state index in [9.17, 15) is 0 Å². The number of hydrogen-bond acceptors (Lipinski definition) is 1. The number of benzene rings is 2. The number of para-hydroxylation sites is 2. The Kier molecular flexibility index (Phi) is 3.87. The lowest BCUT2D eigenvalue weighted by molar-refractivity contribution is -0.0228. The van der Waals surface area contributed by atoms with E-state index in [1.807, 2.05) is 0 Å². The smallest absolute Gasteiger partial charge is 0.0567 e. The Bertz CT molecular complexity index is 1160. The number of nitrogens with zero attached hydrogens (tertiary/aromatic N) is 2. The first kappa shape index (κ1) is 18.5. The van der Waals surface area contributed by atoms with Crippen LogP contribution in [0.4, 0.5) is 0 Å². The van der Waals surface area contributed by atoms with Crippen LogP contribution in [0.5, 0.6) is 0 Å². The van der Waals surface area contributed by atoms with Gasteiger partial charge in [-0.1, -0.05) is 43.3 Å². The molecule has 3 fully saturated rings. The molecule has 0 amide bonds. The van der Waals surface area contributed by atoms with E-state index in [-0.39, 0.29) is 0 Å². The zero-order valence-electron chi connectivity index (χ0n) is 18.9. The lowest BCUT2D eigenvalue weighted by Crippen LogP contribution is -2.47. The van der Waals surface area contributed by atoms with Crippen LogP contribution in [0, 0.1) is 10.8 Å². The van der Waals surface area contributed by atoms with Gasteiger partial charge in [0.05, 0.1) is 5.52 Å². The van der Waals surface area contributed by atoms with Crippen LogP contribution in [0.15, 0.2) is 42.5 Å². The van der Waals surface area contributed by atoms with Crippen LogP contribution in [0.3, 0.4) is 0 Å². The largest absolute Gasteiger partial charge is 0.313 e. The maximum Gasteiger partial charge on any atom is 0.0567 e. The summed E-state index contributed by atoms with van der Waals surface area (Å²) in [5, 5.41) is 1.52. The van der Waals surface area contributed by atoms with Crippen molar-refractivity contribution in [2.24, 2.45) is 10.8 Å². The lowest BCUT2D eigenvalue weighted by atomic mass is 9.54. The van der Waals surface area contributed by atoms with Crippen molar-refractivity contribution >= 4 is 10.9 Å². The molecule has 0 unspecified atom stereocenters. The summed E-state index contributed by atoms with van der Waals surface area (Å²) in [5.41, 5.74) is 10.5. The average molecular weight is 411 g/mol. The fourth-order valence-electron chi connectivity index (χ4n) is 7.50. The van der Waals surface area contributed by atoms with Crippen molar-refractivity contribution in [3.05, 3.63) is 64.8 Å². The lowest BCUT2D eigenvalue weighted by Gasteiger charge is -2.54. The summed E-state index contributed by atoms with van der Waals surface area (Å²) in [6, 6.07) is 16.2. The molecule has 0 radical (unpaired) electrons. The second kappa shape index (κ2) is 6.48. The van der Waals surface area contributed by atoms with E-state index in [4.69, 9.17) is 0 Å². The van der Waals surface area contributed by atoms with Crippen molar-refractivity contribution in [3.63, 3.8) is 0 Å². The first-order valence-corrected chi connectivity index (χ1v) is 12.6. The van der Waals surface area contributed by atoms with Gasteiger partial charge in [0, 0.05) is 42.8 Å². The molecule has 2 nitrogen and oxygen atoms in total. The van der Waals surface area contributed by atoms with Gasteiger partial charge in [0.1, 0.15) is 0 Å². The molecule has 2 aliphatic heterocycles.